The molecule has 94 valence electrons. The van der Waals surface area contributed by atoms with Gasteiger partial charge in [0, 0.05) is 6.04 Å². The Labute approximate surface area is 100 Å². The molecule has 17 heavy (non-hydrogen) atoms. The van der Waals surface area contributed by atoms with Gasteiger partial charge in [-0.15, -0.1) is 0 Å². The van der Waals surface area contributed by atoms with Crippen molar-refractivity contribution >= 4 is 0 Å². The van der Waals surface area contributed by atoms with E-state index in [-0.39, 0.29) is 11.8 Å². The monoisotopic (exact) mass is 239 g/mol. The fourth-order valence-corrected chi connectivity index (χ4v) is 2.35. The van der Waals surface area contributed by atoms with E-state index in [0.29, 0.717) is 17.5 Å². The van der Waals surface area contributed by atoms with E-state index in [4.69, 9.17) is 0 Å². The van der Waals surface area contributed by atoms with E-state index in [9.17, 15) is 14.6 Å². The number of piperidine rings is 1. The number of hydrogen-bond acceptors (Lipinski definition) is 3. The van der Waals surface area contributed by atoms with Gasteiger partial charge in [-0.05, 0) is 49.9 Å². The van der Waals surface area contributed by atoms with Gasteiger partial charge < -0.3 is 15.5 Å². The van der Waals surface area contributed by atoms with Gasteiger partial charge in [0.1, 0.15) is 0 Å². The predicted molar refractivity (Wildman–Crippen MR) is 63.8 cm³/mol. The number of aryl methyl sites for hydroxylation is 1. The Kier molecular flexibility index (Phi) is 3.52. The van der Waals surface area contributed by atoms with Gasteiger partial charge in [0.2, 0.25) is 0 Å². The zero-order chi connectivity index (χ0) is 12.4. The van der Waals surface area contributed by atoms with Crippen molar-refractivity contribution in [2.24, 2.45) is 0 Å². The topological polar surface area (TPSA) is 52.5 Å². The third kappa shape index (κ3) is 2.52. The molecule has 1 saturated heterocycles. The minimum absolute atomic E-state index is 0.265. The van der Waals surface area contributed by atoms with E-state index in [1.54, 1.807) is 13.0 Å². The molecule has 3 nitrogen and oxygen atoms in total. The van der Waals surface area contributed by atoms with E-state index >= 15 is 0 Å². The van der Waals surface area contributed by atoms with Gasteiger partial charge in [0.15, 0.2) is 17.3 Å². The lowest BCUT2D eigenvalue weighted by Crippen LogP contribution is -2.35. The molecule has 0 spiro atoms. The number of phenolic OH excluding ortho intramolecular Hbond substituents is 2. The number of aromatic hydroxyl groups is 2. The number of halogens is 1. The second kappa shape index (κ2) is 4.92. The van der Waals surface area contributed by atoms with Crippen LogP contribution in [-0.4, -0.2) is 22.8 Å². The van der Waals surface area contributed by atoms with E-state index in [0.717, 1.165) is 19.4 Å². The summed E-state index contributed by atoms with van der Waals surface area (Å²) in [7, 11) is 0. The fourth-order valence-electron chi connectivity index (χ4n) is 2.35. The summed E-state index contributed by atoms with van der Waals surface area (Å²) in [6.45, 7) is 2.63. The number of nitrogens with one attached hydrogen (secondary N) is 1. The minimum Gasteiger partial charge on any atom is -0.504 e. The van der Waals surface area contributed by atoms with Gasteiger partial charge in [0.25, 0.3) is 0 Å². The van der Waals surface area contributed by atoms with Crippen LogP contribution < -0.4 is 5.32 Å². The largest absolute Gasteiger partial charge is 0.504 e. The molecule has 1 aliphatic rings. The number of hydrogen-bond donors (Lipinski definition) is 3. The first kappa shape index (κ1) is 12.2. The molecule has 0 radical (unpaired) electrons. The van der Waals surface area contributed by atoms with Crippen LogP contribution >= 0.6 is 0 Å². The highest BCUT2D eigenvalue weighted by Crippen LogP contribution is 2.34. The second-order valence-corrected chi connectivity index (χ2v) is 4.71. The summed E-state index contributed by atoms with van der Waals surface area (Å²) in [5.74, 6) is -1.68. The van der Waals surface area contributed by atoms with Crippen LogP contribution in [0.3, 0.4) is 0 Å². The molecule has 1 fully saturated rings. The molecule has 0 amide bonds. The van der Waals surface area contributed by atoms with Crippen molar-refractivity contribution in [2.45, 2.75) is 38.6 Å². The summed E-state index contributed by atoms with van der Waals surface area (Å²) in [6.07, 6.45) is 3.90. The molecule has 1 unspecified atom stereocenters. The first-order valence-corrected chi connectivity index (χ1v) is 6.03. The Balaban J connectivity index is 2.20. The molecule has 0 aliphatic carbocycles. The molecule has 1 heterocycles. The molecule has 2 rings (SSSR count). The summed E-state index contributed by atoms with van der Waals surface area (Å²) in [5, 5.41) is 22.2. The molecule has 1 atom stereocenters. The van der Waals surface area contributed by atoms with Crippen molar-refractivity contribution in [3.63, 3.8) is 0 Å². The average Bonchev–Trinajstić information content (AvgIpc) is 2.35. The number of benzene rings is 1. The molecule has 0 saturated carbocycles. The standard InChI is InChI=1S/C13H18FNO2/c1-8-6-9(11(14)13(17)12(8)16)7-10-4-2-3-5-15-10/h6,10,15-17H,2-5,7H2,1H3. The van der Waals surface area contributed by atoms with Crippen molar-refractivity contribution in [1.82, 2.24) is 5.32 Å². The smallest absolute Gasteiger partial charge is 0.194 e. The van der Waals surface area contributed by atoms with Crippen LogP contribution in [0.2, 0.25) is 0 Å². The van der Waals surface area contributed by atoms with Gasteiger partial charge in [-0.1, -0.05) is 6.42 Å². The highest BCUT2D eigenvalue weighted by atomic mass is 19.1. The van der Waals surface area contributed by atoms with Crippen LogP contribution in [0, 0.1) is 12.7 Å². The lowest BCUT2D eigenvalue weighted by atomic mass is 9.96. The van der Waals surface area contributed by atoms with Crippen molar-refractivity contribution < 1.29 is 14.6 Å². The first-order valence-electron chi connectivity index (χ1n) is 6.03. The molecule has 4 heteroatoms. The third-order valence-corrected chi connectivity index (χ3v) is 3.36. The van der Waals surface area contributed by atoms with E-state index < -0.39 is 11.6 Å². The average molecular weight is 239 g/mol. The highest BCUT2D eigenvalue weighted by Gasteiger charge is 2.19. The molecule has 1 aromatic rings. The van der Waals surface area contributed by atoms with Crippen LogP contribution in [0.4, 0.5) is 4.39 Å². The van der Waals surface area contributed by atoms with Crippen molar-refractivity contribution in [2.75, 3.05) is 6.54 Å². The summed E-state index contributed by atoms with van der Waals surface area (Å²) in [6, 6.07) is 1.88. The van der Waals surface area contributed by atoms with Crippen LogP contribution in [-0.2, 0) is 6.42 Å². The molecular formula is C13H18FNO2. The lowest BCUT2D eigenvalue weighted by Gasteiger charge is -2.24. The molecular weight excluding hydrogens is 221 g/mol. The Morgan fingerprint density at radius 2 is 2.12 bits per heavy atom. The minimum atomic E-state index is -0.694. The van der Waals surface area contributed by atoms with Crippen molar-refractivity contribution in [1.29, 1.82) is 0 Å². The highest BCUT2D eigenvalue weighted by molar-refractivity contribution is 5.48. The third-order valence-electron chi connectivity index (χ3n) is 3.36. The summed E-state index contributed by atoms with van der Waals surface area (Å²) < 4.78 is 13.8. The van der Waals surface area contributed by atoms with Crippen LogP contribution in [0.5, 0.6) is 11.5 Å². The fraction of sp³-hybridized carbons (Fsp3) is 0.538. The van der Waals surface area contributed by atoms with Crippen LogP contribution in [0.25, 0.3) is 0 Å². The maximum Gasteiger partial charge on any atom is 0.194 e. The number of rotatable bonds is 2. The first-order chi connectivity index (χ1) is 8.09. The summed E-state index contributed by atoms with van der Waals surface area (Å²) in [4.78, 5) is 0. The predicted octanol–water partition coefficient (Wildman–Crippen LogP) is 2.23. The SMILES string of the molecule is Cc1cc(CC2CCCCN2)c(F)c(O)c1O. The van der Waals surface area contributed by atoms with Crippen molar-refractivity contribution in [3.8, 4) is 11.5 Å². The van der Waals surface area contributed by atoms with Crippen LogP contribution in [0.15, 0.2) is 6.07 Å². The Morgan fingerprint density at radius 3 is 2.76 bits per heavy atom. The van der Waals surface area contributed by atoms with Gasteiger partial charge in [-0.3, -0.25) is 0 Å². The van der Waals surface area contributed by atoms with Gasteiger partial charge in [-0.2, -0.15) is 0 Å². The zero-order valence-corrected chi connectivity index (χ0v) is 9.96. The zero-order valence-electron chi connectivity index (χ0n) is 9.96. The van der Waals surface area contributed by atoms with Gasteiger partial charge >= 0.3 is 0 Å². The van der Waals surface area contributed by atoms with E-state index in [1.807, 2.05) is 0 Å². The lowest BCUT2D eigenvalue weighted by molar-refractivity contribution is 0.366. The quantitative estimate of drug-likeness (QED) is 0.694. The molecule has 3 N–H and O–H groups in total. The maximum absolute atomic E-state index is 13.8. The summed E-state index contributed by atoms with van der Waals surface area (Å²) >= 11 is 0. The molecule has 0 aromatic heterocycles. The second-order valence-electron chi connectivity index (χ2n) is 4.71. The molecule has 1 aliphatic heterocycles. The summed E-state index contributed by atoms with van der Waals surface area (Å²) in [5.41, 5.74) is 0.979. The Hall–Kier alpha value is -1.29. The maximum atomic E-state index is 13.8. The Morgan fingerprint density at radius 1 is 1.35 bits per heavy atom. The molecule has 0 bridgehead atoms. The Bertz CT molecular complexity index is 414. The van der Waals surface area contributed by atoms with Gasteiger partial charge in [0.05, 0.1) is 0 Å². The van der Waals surface area contributed by atoms with Crippen molar-refractivity contribution in [3.05, 3.63) is 23.0 Å². The molecule has 1 aromatic carbocycles. The number of phenols is 2. The van der Waals surface area contributed by atoms with Gasteiger partial charge in [-0.25, -0.2) is 4.39 Å². The van der Waals surface area contributed by atoms with E-state index in [1.165, 1.54) is 6.42 Å². The van der Waals surface area contributed by atoms with E-state index in [2.05, 4.69) is 5.32 Å². The normalized spacial score (nSPS) is 20.5. The van der Waals surface area contributed by atoms with Crippen LogP contribution in [0.1, 0.15) is 30.4 Å².